The van der Waals surface area contributed by atoms with Crippen LogP contribution in [0.1, 0.15) is 137 Å². The summed E-state index contributed by atoms with van der Waals surface area (Å²) >= 11 is 0. The van der Waals surface area contributed by atoms with Crippen molar-refractivity contribution in [3.63, 3.8) is 0 Å². The summed E-state index contributed by atoms with van der Waals surface area (Å²) in [5.41, 5.74) is 6.03. The summed E-state index contributed by atoms with van der Waals surface area (Å²) in [5.74, 6) is -3.61. The van der Waals surface area contributed by atoms with Gasteiger partial charge in [-0.1, -0.05) is 192 Å². The fourth-order valence-electron chi connectivity index (χ4n) is 8.39. The Morgan fingerprint density at radius 3 is 1.60 bits per heavy atom. The van der Waals surface area contributed by atoms with Crippen LogP contribution in [0.25, 0.3) is 0 Å². The van der Waals surface area contributed by atoms with Crippen LogP contribution in [0.2, 0.25) is 0 Å². The number of aliphatic hydroxyl groups is 11. The summed E-state index contributed by atoms with van der Waals surface area (Å²) in [6, 6.07) is 0. The second-order valence-electron chi connectivity index (χ2n) is 22.0. The van der Waals surface area contributed by atoms with Crippen LogP contribution in [0.5, 0.6) is 0 Å². The highest BCUT2D eigenvalue weighted by Crippen LogP contribution is 2.21. The molecule has 15 N–H and O–H groups in total. The molecule has 502 valence electrons. The van der Waals surface area contributed by atoms with Gasteiger partial charge in [0.05, 0.1) is 61.0 Å². The van der Waals surface area contributed by atoms with Gasteiger partial charge >= 0.3 is 16.4 Å². The molecule has 0 saturated carbocycles. The molecule has 0 amide bonds. The van der Waals surface area contributed by atoms with Crippen molar-refractivity contribution in [2.24, 2.45) is 33.5 Å². The summed E-state index contributed by atoms with van der Waals surface area (Å²) in [4.78, 5) is 32.2. The lowest BCUT2D eigenvalue weighted by atomic mass is 9.88. The largest absolute Gasteiger partial charge is 0.478 e. The Morgan fingerprint density at radius 2 is 1.04 bits per heavy atom. The fraction of sp³-hybridized carbons (Fsp3) is 0.552. The summed E-state index contributed by atoms with van der Waals surface area (Å²) in [5, 5.41) is 124. The molecule has 0 saturated heterocycles. The maximum atomic E-state index is 13.1. The van der Waals surface area contributed by atoms with Crippen molar-refractivity contribution in [2.45, 2.75) is 211 Å². The van der Waals surface area contributed by atoms with Crippen molar-refractivity contribution in [2.75, 3.05) is 6.54 Å². The molecule has 0 aliphatic rings. The average molecular weight is 1270 g/mol. The van der Waals surface area contributed by atoms with Crippen LogP contribution in [-0.2, 0) is 24.2 Å². The zero-order valence-corrected chi connectivity index (χ0v) is 53.2. The first kappa shape index (κ1) is 83.3. The molecule has 89 heavy (non-hydrogen) atoms. The molecule has 22 heteroatoms. The number of ketones is 1. The summed E-state index contributed by atoms with van der Waals surface area (Å²) in [7, 11) is -5.04. The van der Waals surface area contributed by atoms with Gasteiger partial charge in [0.15, 0.2) is 5.78 Å². The number of carboxylic acids is 1. The van der Waals surface area contributed by atoms with E-state index in [-0.39, 0.29) is 62.4 Å². The van der Waals surface area contributed by atoms with Crippen molar-refractivity contribution in [1.29, 1.82) is 0 Å². The monoisotopic (exact) mass is 1270 g/mol. The molecule has 0 aromatic rings. The average Bonchev–Trinajstić information content (AvgIpc) is 3.58. The minimum Gasteiger partial charge on any atom is -0.478 e. The van der Waals surface area contributed by atoms with Gasteiger partial charge in [-0.2, -0.15) is 8.42 Å². The van der Waals surface area contributed by atoms with E-state index < -0.39 is 114 Å². The van der Waals surface area contributed by atoms with Crippen LogP contribution in [0.4, 0.5) is 0 Å². The van der Waals surface area contributed by atoms with Gasteiger partial charge in [-0.3, -0.25) is 14.3 Å². The molecule has 0 aliphatic carbocycles. The van der Waals surface area contributed by atoms with Crippen molar-refractivity contribution in [1.82, 2.24) is 0 Å². The fourth-order valence-corrected chi connectivity index (χ4v) is 8.90. The maximum absolute atomic E-state index is 13.1. The number of carbonyl (C=O) groups is 2. The molecule has 0 bridgehead atoms. The van der Waals surface area contributed by atoms with Gasteiger partial charge in [0, 0.05) is 55.3 Å². The Balaban J connectivity index is 4.84. The number of Topliss-reactive ketones (excluding diaryl/α,β-unsaturated/α-hetero) is 1. The van der Waals surface area contributed by atoms with E-state index in [0.717, 1.165) is 38.5 Å². The standard InChI is InChI=1S/C67H105N3O18S/c1-6-7-8-26-42-69-67(68)70-43-30-39-58(76)45-55(73)34-27-33-53(71)44-54(72)35-28-36-56(74)46-60(78)47-57(75)37-29-38-59(77)48-62(80)65(82)52(5)63(88-89(85,86)87)41-25-21-17-12-10-9-11-16-20-24-40-61(79)51(4)64(81)49(2)31-22-18-14-13-15-19-23-32-50(3)66(83)84/h9-13,15-17,19-25,27-29,31-33,36,38,40-42,49,51-64,71-81H,6-8,14,18,26,30,34-35,37,39,43-48H2,1-5H3,(H2,68,70)(H,83,84)(H,85,86,87)/b11-9+,12-10+,15-13+,20-16+,21-17+,23-19+,31-22+,33-27+,36-28+,38-29+,40-24+,41-25-,50-32+,69-42+. The Hall–Kier alpha value is -5.67. The molecule has 0 spiro atoms. The number of aliphatic carboxylic acids is 1. The number of aliphatic hydroxyl groups excluding tert-OH is 11. The number of unbranched alkanes of at least 4 members (excludes halogenated alkanes) is 4. The number of aliphatic imine (C=N–C) groups is 2. The number of hydrogen-bond donors (Lipinski definition) is 14. The third kappa shape index (κ3) is 47.0. The molecule has 0 rings (SSSR count). The van der Waals surface area contributed by atoms with Crippen molar-refractivity contribution < 1.29 is 88.0 Å². The predicted octanol–water partition coefficient (Wildman–Crippen LogP) is 6.97. The molecular formula is C67H105N3O18S. The predicted molar refractivity (Wildman–Crippen MR) is 351 cm³/mol. The topological polar surface area (TPSA) is 391 Å². The highest BCUT2D eigenvalue weighted by Gasteiger charge is 2.32. The normalized spacial score (nSPS) is 19.0. The van der Waals surface area contributed by atoms with Crippen LogP contribution in [0.15, 0.2) is 167 Å². The molecule has 0 fully saturated rings. The zero-order valence-electron chi connectivity index (χ0n) is 52.4. The third-order valence-corrected chi connectivity index (χ3v) is 14.2. The minimum atomic E-state index is -5.04. The second-order valence-corrected chi connectivity index (χ2v) is 23.1. The number of rotatable bonds is 49. The van der Waals surface area contributed by atoms with Crippen molar-refractivity contribution in [3.8, 4) is 0 Å². The molecule has 21 nitrogen and oxygen atoms in total. The highest BCUT2D eigenvalue weighted by molar-refractivity contribution is 7.80. The van der Waals surface area contributed by atoms with Gasteiger partial charge in [-0.15, -0.1) is 0 Å². The van der Waals surface area contributed by atoms with E-state index in [4.69, 9.17) is 15.0 Å². The summed E-state index contributed by atoms with van der Waals surface area (Å²) < 4.78 is 37.4. The third-order valence-electron chi connectivity index (χ3n) is 13.7. The lowest BCUT2D eigenvalue weighted by Gasteiger charge is -2.25. The van der Waals surface area contributed by atoms with Gasteiger partial charge < -0.3 is 67.0 Å². The number of nitrogens with two attached hydrogens (primary N) is 1. The number of allylic oxidation sites excluding steroid dienone is 16. The molecule has 15 unspecified atom stereocenters. The molecule has 0 aromatic carbocycles. The van der Waals surface area contributed by atoms with Crippen molar-refractivity contribution >= 4 is 34.3 Å². The van der Waals surface area contributed by atoms with E-state index in [1.807, 2.05) is 31.2 Å². The Morgan fingerprint density at radius 1 is 0.551 bits per heavy atom. The van der Waals surface area contributed by atoms with Gasteiger partial charge in [-0.05, 0) is 77.6 Å². The smallest absolute Gasteiger partial charge is 0.397 e. The second kappa shape index (κ2) is 51.0. The number of nitrogens with zero attached hydrogens (tertiary/aromatic N) is 2. The first-order chi connectivity index (χ1) is 42.2. The molecule has 0 aliphatic heterocycles. The first-order valence-corrected chi connectivity index (χ1v) is 32.0. The number of carbonyl (C=O) groups excluding carboxylic acids is 1. The van der Waals surface area contributed by atoms with E-state index in [0.29, 0.717) is 19.4 Å². The highest BCUT2D eigenvalue weighted by atomic mass is 32.3. The number of carboxylic acid groups (broad SMARTS) is 1. The van der Waals surface area contributed by atoms with Gasteiger partial charge in [-0.25, -0.2) is 14.0 Å². The van der Waals surface area contributed by atoms with Gasteiger partial charge in [0.2, 0.25) is 5.96 Å². The lowest BCUT2D eigenvalue weighted by Crippen LogP contribution is -2.37. The molecule has 0 heterocycles. The molecule has 15 atom stereocenters. The van der Waals surface area contributed by atoms with Crippen LogP contribution in [-0.4, -0.2) is 178 Å². The van der Waals surface area contributed by atoms with Crippen LogP contribution in [0, 0.1) is 17.8 Å². The van der Waals surface area contributed by atoms with Crippen LogP contribution in [0.3, 0.4) is 0 Å². The summed E-state index contributed by atoms with van der Waals surface area (Å²) in [6.45, 7) is 8.96. The van der Waals surface area contributed by atoms with Gasteiger partial charge in [0.1, 0.15) is 12.2 Å². The lowest BCUT2D eigenvalue weighted by molar-refractivity contribution is -0.134. The van der Waals surface area contributed by atoms with E-state index in [1.54, 1.807) is 86.1 Å². The van der Waals surface area contributed by atoms with Gasteiger partial charge in [0.25, 0.3) is 0 Å². The van der Waals surface area contributed by atoms with Crippen molar-refractivity contribution in [3.05, 3.63) is 157 Å². The molecular weight excluding hydrogens is 1170 g/mol. The first-order valence-electron chi connectivity index (χ1n) is 30.6. The van der Waals surface area contributed by atoms with E-state index in [2.05, 4.69) is 16.9 Å². The number of guanidine groups is 1. The SMILES string of the molecule is CCCCC/C=N/C(N)=NCCCC(O)CC(O)C/C=C/C(O)CC(O)C/C=C/C(O)CC(O)CC(O)C/C=C/C(O)CC(O)C(=O)C(C)C(\C=C/C=C/C=C/C=C/C=C/C=C/C(O)C(C)C(O)C(C)/C=C/CC/C=C/C=C/C=C(\C)C(=O)O)OS(=O)(=O)O. The van der Waals surface area contributed by atoms with E-state index in [9.17, 15) is 78.7 Å². The van der Waals surface area contributed by atoms with Crippen LogP contribution < -0.4 is 5.73 Å². The zero-order chi connectivity index (χ0) is 67.0. The minimum absolute atomic E-state index is 0.0249. The van der Waals surface area contributed by atoms with E-state index in [1.165, 1.54) is 68.5 Å². The molecule has 0 radical (unpaired) electrons. The van der Waals surface area contributed by atoms with E-state index >= 15 is 0 Å². The number of hydrogen-bond acceptors (Lipinski definition) is 17. The van der Waals surface area contributed by atoms with Crippen LogP contribution >= 0.6 is 0 Å². The Labute approximate surface area is 528 Å². The maximum Gasteiger partial charge on any atom is 0.397 e. The molecule has 0 aromatic heterocycles. The Bertz CT molecular complexity index is 2530. The summed E-state index contributed by atoms with van der Waals surface area (Å²) in [6.07, 6.45) is 34.8. The Kier molecular flexibility index (Phi) is 47.8. The quantitative estimate of drug-likeness (QED) is 0.00556.